The molecular formula is C26H30N2O3S. The second-order valence-electron chi connectivity index (χ2n) is 10.1. The molecule has 168 valence electrons. The fourth-order valence-electron chi connectivity index (χ4n) is 7.11. The molecule has 1 aromatic carbocycles. The van der Waals surface area contributed by atoms with E-state index in [4.69, 9.17) is 0 Å². The molecule has 6 heteroatoms. The van der Waals surface area contributed by atoms with Crippen molar-refractivity contribution in [1.82, 2.24) is 9.88 Å². The number of thiophene rings is 1. The summed E-state index contributed by atoms with van der Waals surface area (Å²) >= 11 is 1.73. The number of aliphatic hydroxyl groups excluding tert-OH is 1. The molecule has 4 fully saturated rings. The van der Waals surface area contributed by atoms with Gasteiger partial charge < -0.3 is 20.1 Å². The Hall–Kier alpha value is -2.15. The number of carbonyl (C=O) groups is 1. The smallest absolute Gasteiger partial charge is 0.223 e. The summed E-state index contributed by atoms with van der Waals surface area (Å²) in [6.45, 7) is 2.14. The van der Waals surface area contributed by atoms with Crippen LogP contribution >= 0.6 is 11.3 Å². The predicted molar refractivity (Wildman–Crippen MR) is 126 cm³/mol. The second kappa shape index (κ2) is 7.72. The fraction of sp³-hybridized carbons (Fsp3) is 0.500. The summed E-state index contributed by atoms with van der Waals surface area (Å²) in [7, 11) is 0. The van der Waals surface area contributed by atoms with Crippen molar-refractivity contribution in [1.29, 1.82) is 0 Å². The summed E-state index contributed by atoms with van der Waals surface area (Å²) in [5.74, 6) is 1.04. The Labute approximate surface area is 192 Å². The number of aromatic amines is 1. The first-order valence-electron chi connectivity index (χ1n) is 11.8. The molecule has 6 unspecified atom stereocenters. The number of hydrogen-bond donors (Lipinski definition) is 3. The van der Waals surface area contributed by atoms with Gasteiger partial charge in [0.25, 0.3) is 0 Å². The summed E-state index contributed by atoms with van der Waals surface area (Å²) in [4.78, 5) is 20.3. The molecule has 4 aliphatic rings. The van der Waals surface area contributed by atoms with Crippen LogP contribution < -0.4 is 0 Å². The summed E-state index contributed by atoms with van der Waals surface area (Å²) in [6, 6.07) is 10.8. The molecule has 4 bridgehead atoms. The van der Waals surface area contributed by atoms with Crippen molar-refractivity contribution in [3.8, 4) is 10.4 Å². The van der Waals surface area contributed by atoms with Gasteiger partial charge in [-0.25, -0.2) is 0 Å². The Kier molecular flexibility index (Phi) is 4.93. The maximum atomic E-state index is 13.6. The van der Waals surface area contributed by atoms with Crippen molar-refractivity contribution < 1.29 is 15.0 Å². The van der Waals surface area contributed by atoms with Gasteiger partial charge in [0.05, 0.1) is 0 Å². The van der Waals surface area contributed by atoms with Gasteiger partial charge in [-0.05, 0) is 66.5 Å². The Morgan fingerprint density at radius 3 is 2.84 bits per heavy atom. The van der Waals surface area contributed by atoms with Gasteiger partial charge in [-0.15, -0.1) is 11.3 Å². The van der Waals surface area contributed by atoms with Crippen LogP contribution in [0.3, 0.4) is 0 Å². The highest BCUT2D eigenvalue weighted by atomic mass is 32.1. The topological polar surface area (TPSA) is 76.6 Å². The molecule has 4 heterocycles. The van der Waals surface area contributed by atoms with E-state index in [-0.39, 0.29) is 29.8 Å². The molecule has 7 rings (SSSR count). The largest absolute Gasteiger partial charge is 0.368 e. The van der Waals surface area contributed by atoms with E-state index < -0.39 is 6.29 Å². The average molecular weight is 451 g/mol. The van der Waals surface area contributed by atoms with Crippen molar-refractivity contribution in [3.05, 3.63) is 47.5 Å². The van der Waals surface area contributed by atoms with Gasteiger partial charge in [-0.2, -0.15) is 0 Å². The molecule has 0 spiro atoms. The minimum atomic E-state index is -1.33. The van der Waals surface area contributed by atoms with E-state index in [1.165, 1.54) is 21.4 Å². The molecule has 2 saturated carbocycles. The minimum Gasteiger partial charge on any atom is -0.368 e. The highest BCUT2D eigenvalue weighted by Gasteiger charge is 2.55. The quantitative estimate of drug-likeness (QED) is 0.493. The first kappa shape index (κ1) is 20.5. The Morgan fingerprint density at radius 2 is 2.06 bits per heavy atom. The molecular weight excluding hydrogens is 420 g/mol. The number of nitrogens with zero attached hydrogens (tertiary/aromatic N) is 1. The van der Waals surface area contributed by atoms with Gasteiger partial charge in [-0.1, -0.05) is 25.1 Å². The molecule has 2 aliphatic heterocycles. The number of piperidine rings is 2. The first-order valence-corrected chi connectivity index (χ1v) is 12.7. The maximum absolute atomic E-state index is 13.6. The van der Waals surface area contributed by atoms with Crippen LogP contribution in [0.15, 0.2) is 41.9 Å². The van der Waals surface area contributed by atoms with E-state index >= 15 is 0 Å². The lowest BCUT2D eigenvalue weighted by Gasteiger charge is -2.60. The Bertz CT molecular complexity index is 1140. The second-order valence-corrected chi connectivity index (χ2v) is 11.1. The van der Waals surface area contributed by atoms with Crippen LogP contribution in [-0.4, -0.2) is 44.4 Å². The highest BCUT2D eigenvalue weighted by molar-refractivity contribution is 7.13. The number of aliphatic hydroxyl groups is 2. The standard InChI is InChI=1S/C26H30N2O3S/c1-14(19-13-27-20-5-2-4-18(25(19)20)22-6-3-7-32-22)8-23(29)28-17-10-15-9-16(12-17)24(26(30)31)21(28)11-15/h2-7,13-17,21,24,26-27,30-31H,8-12H2,1H3. The summed E-state index contributed by atoms with van der Waals surface area (Å²) in [5, 5.41) is 23.4. The monoisotopic (exact) mass is 450 g/mol. The number of nitrogens with one attached hydrogen (secondary N) is 1. The number of H-pyrrole nitrogens is 1. The van der Waals surface area contributed by atoms with Gasteiger partial charge in [0, 0.05) is 52.0 Å². The summed E-state index contributed by atoms with van der Waals surface area (Å²) in [6.07, 6.45) is 5.19. The van der Waals surface area contributed by atoms with Crippen LogP contribution in [0.2, 0.25) is 0 Å². The third kappa shape index (κ3) is 3.15. The highest BCUT2D eigenvalue weighted by Crippen LogP contribution is 2.53. The summed E-state index contributed by atoms with van der Waals surface area (Å²) < 4.78 is 0. The average Bonchev–Trinajstić information content (AvgIpc) is 3.43. The number of rotatable bonds is 5. The normalized spacial score (nSPS) is 29.9. The minimum absolute atomic E-state index is 0.0180. The third-order valence-corrected chi connectivity index (χ3v) is 9.20. The molecule has 3 N–H and O–H groups in total. The van der Waals surface area contributed by atoms with Crippen molar-refractivity contribution >= 4 is 28.1 Å². The summed E-state index contributed by atoms with van der Waals surface area (Å²) in [5.41, 5.74) is 3.50. The molecule has 2 aliphatic carbocycles. The number of carbonyl (C=O) groups excluding carboxylic acids is 1. The van der Waals surface area contributed by atoms with Gasteiger partial charge >= 0.3 is 0 Å². The van der Waals surface area contributed by atoms with Gasteiger partial charge in [0.2, 0.25) is 5.91 Å². The van der Waals surface area contributed by atoms with Crippen molar-refractivity contribution in [2.45, 2.75) is 63.3 Å². The van der Waals surface area contributed by atoms with Crippen molar-refractivity contribution in [2.24, 2.45) is 17.8 Å². The lowest BCUT2D eigenvalue weighted by molar-refractivity contribution is -0.196. The zero-order valence-electron chi connectivity index (χ0n) is 18.3. The number of amides is 1. The SMILES string of the molecule is CC(CC(=O)N1C2CC3CC(C2)C(C(O)O)C1C3)c1c[nH]c2cccc(-c3cccs3)c12. The van der Waals surface area contributed by atoms with Crippen LogP contribution in [0, 0.1) is 17.8 Å². The van der Waals surface area contributed by atoms with Crippen molar-refractivity contribution in [2.75, 3.05) is 0 Å². The molecule has 5 nitrogen and oxygen atoms in total. The lowest BCUT2D eigenvalue weighted by atomic mass is 9.58. The molecule has 3 aromatic rings. The zero-order valence-corrected chi connectivity index (χ0v) is 19.1. The van der Waals surface area contributed by atoms with Gasteiger partial charge in [0.15, 0.2) is 6.29 Å². The van der Waals surface area contributed by atoms with E-state index in [1.54, 1.807) is 11.3 Å². The van der Waals surface area contributed by atoms with E-state index in [0.29, 0.717) is 18.3 Å². The number of hydrogen-bond acceptors (Lipinski definition) is 4. The maximum Gasteiger partial charge on any atom is 0.223 e. The third-order valence-electron chi connectivity index (χ3n) is 8.30. The molecule has 1 amide bonds. The Morgan fingerprint density at radius 1 is 1.19 bits per heavy atom. The number of benzene rings is 1. The molecule has 0 radical (unpaired) electrons. The van der Waals surface area contributed by atoms with E-state index in [0.717, 1.165) is 31.2 Å². The molecule has 32 heavy (non-hydrogen) atoms. The van der Waals surface area contributed by atoms with E-state index in [2.05, 4.69) is 58.7 Å². The van der Waals surface area contributed by atoms with Gasteiger partial charge in [0.1, 0.15) is 0 Å². The zero-order chi connectivity index (χ0) is 22.0. The fourth-order valence-corrected chi connectivity index (χ4v) is 7.87. The van der Waals surface area contributed by atoms with Crippen LogP contribution in [0.4, 0.5) is 0 Å². The molecule has 2 saturated heterocycles. The Balaban J connectivity index is 1.29. The molecule has 2 aromatic heterocycles. The van der Waals surface area contributed by atoms with E-state index in [9.17, 15) is 15.0 Å². The molecule has 6 atom stereocenters. The van der Waals surface area contributed by atoms with Crippen molar-refractivity contribution in [3.63, 3.8) is 0 Å². The van der Waals surface area contributed by atoms with Gasteiger partial charge in [-0.3, -0.25) is 4.79 Å². The predicted octanol–water partition coefficient (Wildman–Crippen LogP) is 4.72. The van der Waals surface area contributed by atoms with Crippen LogP contribution in [0.1, 0.15) is 50.5 Å². The van der Waals surface area contributed by atoms with Crippen LogP contribution in [-0.2, 0) is 4.79 Å². The number of fused-ring (bicyclic) bond motifs is 1. The van der Waals surface area contributed by atoms with E-state index in [1.807, 2.05) is 0 Å². The lowest BCUT2D eigenvalue weighted by Crippen LogP contribution is -2.66. The van der Waals surface area contributed by atoms with Crippen LogP contribution in [0.25, 0.3) is 21.3 Å². The van der Waals surface area contributed by atoms with Crippen LogP contribution in [0.5, 0.6) is 0 Å². The number of aromatic nitrogens is 1. The first-order chi connectivity index (χ1) is 15.5.